The van der Waals surface area contributed by atoms with Gasteiger partial charge in [-0.25, -0.2) is 4.98 Å². The minimum atomic E-state index is 0.395. The van der Waals surface area contributed by atoms with Gasteiger partial charge in [-0.15, -0.1) is 0 Å². The predicted octanol–water partition coefficient (Wildman–Crippen LogP) is 4.50. The first-order valence-corrected chi connectivity index (χ1v) is 7.34. The zero-order chi connectivity index (χ0) is 15.0. The third kappa shape index (κ3) is 2.59. The molecule has 1 aliphatic rings. The van der Waals surface area contributed by atoms with Crippen LogP contribution in [0.3, 0.4) is 0 Å². The highest BCUT2D eigenvalue weighted by molar-refractivity contribution is 6.30. The van der Waals surface area contributed by atoms with Crippen molar-refractivity contribution >= 4 is 11.6 Å². The third-order valence-electron chi connectivity index (χ3n) is 3.76. The summed E-state index contributed by atoms with van der Waals surface area (Å²) in [7, 11) is 0. The lowest BCUT2D eigenvalue weighted by Gasteiger charge is -2.13. The Kier molecular flexibility index (Phi) is 3.57. The van der Waals surface area contributed by atoms with E-state index in [-0.39, 0.29) is 0 Å². The number of aromatic nitrogens is 1. The first-order chi connectivity index (χ1) is 10.1. The van der Waals surface area contributed by atoms with E-state index in [0.717, 1.165) is 41.8 Å². The van der Waals surface area contributed by atoms with Crippen LogP contribution in [0.15, 0.2) is 18.2 Å². The van der Waals surface area contributed by atoms with Gasteiger partial charge in [0.05, 0.1) is 0 Å². The van der Waals surface area contributed by atoms with Crippen LogP contribution in [-0.4, -0.2) is 4.98 Å². The van der Waals surface area contributed by atoms with Crippen LogP contribution in [0.2, 0.25) is 5.02 Å². The SMILES string of the molecule is Cc1cc(Cl)cc(C)c1Oc1nc2c(cc1C#N)CCC2. The van der Waals surface area contributed by atoms with Crippen LogP contribution < -0.4 is 4.74 Å². The molecule has 0 aliphatic heterocycles. The molecule has 1 aromatic carbocycles. The Bertz CT molecular complexity index is 739. The summed E-state index contributed by atoms with van der Waals surface area (Å²) in [4.78, 5) is 4.55. The van der Waals surface area contributed by atoms with Gasteiger partial charge in [0.15, 0.2) is 0 Å². The minimum Gasteiger partial charge on any atom is -0.437 e. The normalized spacial score (nSPS) is 12.9. The molecule has 4 heteroatoms. The van der Waals surface area contributed by atoms with E-state index in [2.05, 4.69) is 11.1 Å². The number of pyridine rings is 1. The lowest BCUT2D eigenvalue weighted by atomic mass is 10.1. The molecular formula is C17H15ClN2O. The van der Waals surface area contributed by atoms with Crippen molar-refractivity contribution in [2.75, 3.05) is 0 Å². The topological polar surface area (TPSA) is 45.9 Å². The van der Waals surface area contributed by atoms with Crippen LogP contribution in [0.25, 0.3) is 0 Å². The quantitative estimate of drug-likeness (QED) is 0.819. The number of fused-ring (bicyclic) bond motifs is 1. The summed E-state index contributed by atoms with van der Waals surface area (Å²) in [5.74, 6) is 1.12. The van der Waals surface area contributed by atoms with E-state index in [1.54, 1.807) is 0 Å². The second-order valence-corrected chi connectivity index (χ2v) is 5.82. The largest absolute Gasteiger partial charge is 0.437 e. The molecule has 0 saturated carbocycles. The molecule has 3 nitrogen and oxygen atoms in total. The molecule has 0 unspecified atom stereocenters. The van der Waals surface area contributed by atoms with Gasteiger partial charge in [-0.2, -0.15) is 5.26 Å². The van der Waals surface area contributed by atoms with Crippen LogP contribution in [0.1, 0.15) is 34.4 Å². The Morgan fingerprint density at radius 1 is 1.19 bits per heavy atom. The maximum Gasteiger partial charge on any atom is 0.237 e. The Morgan fingerprint density at radius 2 is 1.90 bits per heavy atom. The molecule has 21 heavy (non-hydrogen) atoms. The van der Waals surface area contributed by atoms with Gasteiger partial charge in [-0.3, -0.25) is 0 Å². The fraction of sp³-hybridized carbons (Fsp3) is 0.294. The van der Waals surface area contributed by atoms with E-state index in [9.17, 15) is 5.26 Å². The molecule has 106 valence electrons. The smallest absolute Gasteiger partial charge is 0.237 e. The lowest BCUT2D eigenvalue weighted by molar-refractivity contribution is 0.452. The second-order valence-electron chi connectivity index (χ2n) is 5.38. The molecule has 0 N–H and O–H groups in total. The number of aryl methyl sites for hydroxylation is 4. The van der Waals surface area contributed by atoms with Crippen LogP contribution in [0, 0.1) is 25.2 Å². The van der Waals surface area contributed by atoms with Crippen LogP contribution in [-0.2, 0) is 12.8 Å². The number of hydrogen-bond acceptors (Lipinski definition) is 3. The first-order valence-electron chi connectivity index (χ1n) is 6.96. The number of ether oxygens (including phenoxy) is 1. The van der Waals surface area contributed by atoms with E-state index < -0.39 is 0 Å². The molecule has 0 atom stereocenters. The molecule has 0 spiro atoms. The summed E-state index contributed by atoms with van der Waals surface area (Å²) in [6.07, 6.45) is 3.04. The van der Waals surface area contributed by atoms with Crippen LogP contribution in [0.5, 0.6) is 11.6 Å². The van der Waals surface area contributed by atoms with Gasteiger partial charge in [0.2, 0.25) is 5.88 Å². The Labute approximate surface area is 129 Å². The van der Waals surface area contributed by atoms with Crippen LogP contribution in [0.4, 0.5) is 0 Å². The first kappa shape index (κ1) is 13.9. The Morgan fingerprint density at radius 3 is 2.57 bits per heavy atom. The van der Waals surface area contributed by atoms with Gasteiger partial charge in [-0.1, -0.05) is 11.6 Å². The zero-order valence-corrected chi connectivity index (χ0v) is 12.8. The van der Waals surface area contributed by atoms with E-state index in [4.69, 9.17) is 16.3 Å². The summed E-state index contributed by atoms with van der Waals surface area (Å²) >= 11 is 6.04. The van der Waals surface area contributed by atoms with Crippen molar-refractivity contribution in [2.45, 2.75) is 33.1 Å². The molecule has 1 aromatic heterocycles. The molecule has 0 fully saturated rings. The van der Waals surface area contributed by atoms with Crippen molar-refractivity contribution in [3.63, 3.8) is 0 Å². The van der Waals surface area contributed by atoms with Gasteiger partial charge < -0.3 is 4.74 Å². The fourth-order valence-electron chi connectivity index (χ4n) is 2.77. The molecule has 0 saturated heterocycles. The number of halogens is 1. The molecule has 0 radical (unpaired) electrons. The number of nitrogens with zero attached hydrogens (tertiary/aromatic N) is 2. The van der Waals surface area contributed by atoms with Gasteiger partial charge >= 0.3 is 0 Å². The molecule has 1 aliphatic carbocycles. The standard InChI is InChI=1S/C17H15ClN2O/c1-10-6-14(18)7-11(2)16(10)21-17-13(9-19)8-12-4-3-5-15(12)20-17/h6-8H,3-5H2,1-2H3. The van der Waals surface area contributed by atoms with Crippen LogP contribution >= 0.6 is 11.6 Å². The molecule has 0 amide bonds. The molecule has 2 aromatic rings. The highest BCUT2D eigenvalue weighted by Crippen LogP contribution is 2.33. The number of nitriles is 1. The maximum atomic E-state index is 9.32. The minimum absolute atomic E-state index is 0.395. The van der Waals surface area contributed by atoms with E-state index in [1.807, 2.05) is 32.0 Å². The summed E-state index contributed by atoms with van der Waals surface area (Å²) in [6.45, 7) is 3.88. The number of rotatable bonds is 2. The highest BCUT2D eigenvalue weighted by Gasteiger charge is 2.18. The Balaban J connectivity index is 2.05. The average molecular weight is 299 g/mol. The third-order valence-corrected chi connectivity index (χ3v) is 3.98. The lowest BCUT2D eigenvalue weighted by Crippen LogP contribution is -1.99. The summed E-state index contributed by atoms with van der Waals surface area (Å²) in [6, 6.07) is 7.79. The molecule has 0 bridgehead atoms. The monoisotopic (exact) mass is 298 g/mol. The summed E-state index contributed by atoms with van der Waals surface area (Å²) < 4.78 is 5.95. The van der Waals surface area contributed by atoms with E-state index >= 15 is 0 Å². The summed E-state index contributed by atoms with van der Waals surface area (Å²) in [5.41, 5.74) is 4.58. The van der Waals surface area contributed by atoms with E-state index in [0.29, 0.717) is 16.5 Å². The van der Waals surface area contributed by atoms with Gasteiger partial charge in [-0.05, 0) is 68.0 Å². The van der Waals surface area contributed by atoms with E-state index in [1.165, 1.54) is 5.56 Å². The van der Waals surface area contributed by atoms with Crippen molar-refractivity contribution in [3.05, 3.63) is 51.2 Å². The molecular weight excluding hydrogens is 284 g/mol. The highest BCUT2D eigenvalue weighted by atomic mass is 35.5. The second kappa shape index (κ2) is 5.38. The molecule has 1 heterocycles. The van der Waals surface area contributed by atoms with Crippen molar-refractivity contribution in [1.29, 1.82) is 5.26 Å². The van der Waals surface area contributed by atoms with Crippen molar-refractivity contribution in [2.24, 2.45) is 0 Å². The maximum absolute atomic E-state index is 9.32. The average Bonchev–Trinajstić information content (AvgIpc) is 2.88. The van der Waals surface area contributed by atoms with Crippen molar-refractivity contribution in [1.82, 2.24) is 4.98 Å². The fourth-order valence-corrected chi connectivity index (χ4v) is 3.09. The van der Waals surface area contributed by atoms with Crippen molar-refractivity contribution in [3.8, 4) is 17.7 Å². The van der Waals surface area contributed by atoms with Gasteiger partial charge in [0, 0.05) is 10.7 Å². The van der Waals surface area contributed by atoms with Gasteiger partial charge in [0.25, 0.3) is 0 Å². The van der Waals surface area contributed by atoms with Crippen molar-refractivity contribution < 1.29 is 4.74 Å². The molecule has 3 rings (SSSR count). The number of benzene rings is 1. The Hall–Kier alpha value is -2.05. The summed E-state index contributed by atoms with van der Waals surface area (Å²) in [5, 5.41) is 10.00. The zero-order valence-electron chi connectivity index (χ0n) is 12.0. The van der Waals surface area contributed by atoms with Gasteiger partial charge in [0.1, 0.15) is 17.4 Å². The number of hydrogen-bond donors (Lipinski definition) is 0. The predicted molar refractivity (Wildman–Crippen MR) is 82.0 cm³/mol.